The van der Waals surface area contributed by atoms with Crippen molar-refractivity contribution in [1.29, 1.82) is 0 Å². The maximum atomic E-state index is 12.4. The van der Waals surface area contributed by atoms with Gasteiger partial charge in [-0.1, -0.05) is 6.07 Å². The van der Waals surface area contributed by atoms with E-state index in [4.69, 9.17) is 5.11 Å². The Labute approximate surface area is 118 Å². The van der Waals surface area contributed by atoms with Crippen LogP contribution in [0.25, 0.3) is 0 Å². The van der Waals surface area contributed by atoms with Gasteiger partial charge in [0.2, 0.25) is 0 Å². The molecule has 1 heterocycles. The van der Waals surface area contributed by atoms with E-state index < -0.39 is 11.9 Å². The first-order chi connectivity index (χ1) is 9.65. The van der Waals surface area contributed by atoms with Gasteiger partial charge in [0.15, 0.2) is 0 Å². The molecule has 1 N–H and O–H groups in total. The summed E-state index contributed by atoms with van der Waals surface area (Å²) >= 11 is 0. The van der Waals surface area contributed by atoms with Gasteiger partial charge in [0.1, 0.15) is 0 Å². The zero-order valence-corrected chi connectivity index (χ0v) is 11.5. The van der Waals surface area contributed by atoms with Crippen molar-refractivity contribution in [3.05, 3.63) is 34.9 Å². The maximum absolute atomic E-state index is 12.4. The second-order valence-electron chi connectivity index (χ2n) is 5.77. The lowest BCUT2D eigenvalue weighted by atomic mass is 9.90. The number of fused-ring (bicyclic) bond motifs is 1. The van der Waals surface area contributed by atoms with Crippen LogP contribution in [0.4, 0.5) is 0 Å². The standard InChI is InChI=1S/C16H19NO3/c18-15(17-8-7-14(10-17)16(19)20)13-6-5-11-3-1-2-4-12(11)9-13/h5-6,9,14H,1-4,7-8,10H2,(H,19,20)/t14-/m0/s1. The van der Waals surface area contributed by atoms with E-state index in [1.807, 2.05) is 12.1 Å². The lowest BCUT2D eigenvalue weighted by Crippen LogP contribution is -2.30. The number of nitrogens with zero attached hydrogens (tertiary/aromatic N) is 1. The van der Waals surface area contributed by atoms with Gasteiger partial charge in [-0.2, -0.15) is 0 Å². The topological polar surface area (TPSA) is 57.6 Å². The average Bonchev–Trinajstić information content (AvgIpc) is 2.96. The van der Waals surface area contributed by atoms with E-state index in [1.54, 1.807) is 4.90 Å². The summed E-state index contributed by atoms with van der Waals surface area (Å²) in [5.74, 6) is -1.23. The molecule has 1 amide bonds. The lowest BCUT2D eigenvalue weighted by Gasteiger charge is -2.19. The number of hydrogen-bond acceptors (Lipinski definition) is 2. The van der Waals surface area contributed by atoms with Crippen LogP contribution >= 0.6 is 0 Å². The highest BCUT2D eigenvalue weighted by Gasteiger charge is 2.31. The Morgan fingerprint density at radius 2 is 1.90 bits per heavy atom. The molecule has 0 spiro atoms. The van der Waals surface area contributed by atoms with Crippen LogP contribution in [-0.4, -0.2) is 35.0 Å². The first kappa shape index (κ1) is 13.2. The van der Waals surface area contributed by atoms with Crippen LogP contribution in [0.2, 0.25) is 0 Å². The number of carboxylic acid groups (broad SMARTS) is 1. The molecular weight excluding hydrogens is 254 g/mol. The summed E-state index contributed by atoms with van der Waals surface area (Å²) in [4.78, 5) is 25.1. The normalized spacial score (nSPS) is 21.6. The van der Waals surface area contributed by atoms with Crippen LogP contribution in [0.5, 0.6) is 0 Å². The molecule has 1 fully saturated rings. The van der Waals surface area contributed by atoms with Crippen molar-refractivity contribution in [2.45, 2.75) is 32.1 Å². The number of carbonyl (C=O) groups is 2. The van der Waals surface area contributed by atoms with Gasteiger partial charge in [-0.25, -0.2) is 0 Å². The molecule has 0 radical (unpaired) electrons. The van der Waals surface area contributed by atoms with Crippen molar-refractivity contribution >= 4 is 11.9 Å². The van der Waals surface area contributed by atoms with Gasteiger partial charge in [-0.05, 0) is 55.4 Å². The molecule has 1 aliphatic heterocycles. The van der Waals surface area contributed by atoms with E-state index in [0.717, 1.165) is 12.8 Å². The molecule has 0 unspecified atom stereocenters. The van der Waals surface area contributed by atoms with E-state index >= 15 is 0 Å². The monoisotopic (exact) mass is 273 g/mol. The molecule has 4 nitrogen and oxygen atoms in total. The second kappa shape index (κ2) is 5.27. The molecule has 2 aliphatic rings. The number of benzene rings is 1. The lowest BCUT2D eigenvalue weighted by molar-refractivity contribution is -0.141. The molecule has 1 aromatic carbocycles. The summed E-state index contributed by atoms with van der Waals surface area (Å²) in [5.41, 5.74) is 3.35. The number of carbonyl (C=O) groups excluding carboxylic acids is 1. The Balaban J connectivity index is 1.76. The Morgan fingerprint density at radius 3 is 2.60 bits per heavy atom. The Hall–Kier alpha value is -1.84. The molecule has 1 aromatic rings. The molecule has 106 valence electrons. The predicted molar refractivity (Wildman–Crippen MR) is 74.7 cm³/mol. The van der Waals surface area contributed by atoms with Gasteiger partial charge in [0.25, 0.3) is 5.91 Å². The SMILES string of the molecule is O=C(O)[C@H]1CCN(C(=O)c2ccc3c(c2)CCCC3)C1. The molecule has 0 bridgehead atoms. The molecule has 1 atom stereocenters. The van der Waals surface area contributed by atoms with Crippen molar-refractivity contribution < 1.29 is 14.7 Å². The van der Waals surface area contributed by atoms with Gasteiger partial charge in [0.05, 0.1) is 5.92 Å². The van der Waals surface area contributed by atoms with Crippen molar-refractivity contribution in [2.75, 3.05) is 13.1 Å². The Morgan fingerprint density at radius 1 is 1.15 bits per heavy atom. The Kier molecular flexibility index (Phi) is 3.47. The average molecular weight is 273 g/mol. The minimum atomic E-state index is -0.800. The molecule has 0 saturated carbocycles. The van der Waals surface area contributed by atoms with Crippen molar-refractivity contribution in [1.82, 2.24) is 4.90 Å². The maximum Gasteiger partial charge on any atom is 0.308 e. The van der Waals surface area contributed by atoms with Crippen molar-refractivity contribution in [3.63, 3.8) is 0 Å². The van der Waals surface area contributed by atoms with Gasteiger partial charge >= 0.3 is 5.97 Å². The van der Waals surface area contributed by atoms with Crippen LogP contribution in [0.3, 0.4) is 0 Å². The molecular formula is C16H19NO3. The van der Waals surface area contributed by atoms with Crippen LogP contribution in [0.1, 0.15) is 40.7 Å². The fourth-order valence-electron chi connectivity index (χ4n) is 3.20. The number of aryl methyl sites for hydroxylation is 2. The molecule has 1 saturated heterocycles. The summed E-state index contributed by atoms with van der Waals surface area (Å²) in [7, 11) is 0. The van der Waals surface area contributed by atoms with Gasteiger partial charge in [0, 0.05) is 18.7 Å². The molecule has 0 aromatic heterocycles. The van der Waals surface area contributed by atoms with E-state index in [1.165, 1.54) is 24.0 Å². The minimum Gasteiger partial charge on any atom is -0.481 e. The van der Waals surface area contributed by atoms with E-state index in [0.29, 0.717) is 25.1 Å². The van der Waals surface area contributed by atoms with Gasteiger partial charge in [-0.15, -0.1) is 0 Å². The number of amides is 1. The molecule has 1 aliphatic carbocycles. The molecule has 3 rings (SSSR count). The van der Waals surface area contributed by atoms with E-state index in [2.05, 4.69) is 6.07 Å². The quantitative estimate of drug-likeness (QED) is 0.898. The molecule has 20 heavy (non-hydrogen) atoms. The van der Waals surface area contributed by atoms with Crippen molar-refractivity contribution in [3.8, 4) is 0 Å². The summed E-state index contributed by atoms with van der Waals surface area (Å²) < 4.78 is 0. The summed E-state index contributed by atoms with van der Waals surface area (Å²) in [5, 5.41) is 9.00. The smallest absolute Gasteiger partial charge is 0.308 e. The third-order valence-electron chi connectivity index (χ3n) is 4.42. The van der Waals surface area contributed by atoms with Crippen LogP contribution in [0.15, 0.2) is 18.2 Å². The van der Waals surface area contributed by atoms with E-state index in [-0.39, 0.29) is 5.91 Å². The first-order valence-corrected chi connectivity index (χ1v) is 7.29. The highest BCUT2D eigenvalue weighted by Crippen LogP contribution is 2.24. The summed E-state index contributed by atoms with van der Waals surface area (Å²) in [6, 6.07) is 5.96. The third kappa shape index (κ3) is 2.42. The van der Waals surface area contributed by atoms with Crippen LogP contribution in [-0.2, 0) is 17.6 Å². The highest BCUT2D eigenvalue weighted by atomic mass is 16.4. The second-order valence-corrected chi connectivity index (χ2v) is 5.77. The fourth-order valence-corrected chi connectivity index (χ4v) is 3.20. The van der Waals surface area contributed by atoms with Gasteiger partial charge in [-0.3, -0.25) is 9.59 Å². The number of carboxylic acids is 1. The predicted octanol–water partition coefficient (Wildman–Crippen LogP) is 2.11. The number of rotatable bonds is 2. The molecule has 4 heteroatoms. The number of likely N-dealkylation sites (tertiary alicyclic amines) is 1. The summed E-state index contributed by atoms with van der Waals surface area (Å²) in [6.07, 6.45) is 5.14. The first-order valence-electron chi connectivity index (χ1n) is 7.29. The summed E-state index contributed by atoms with van der Waals surface area (Å²) in [6.45, 7) is 0.887. The Bertz CT molecular complexity index is 553. The number of aliphatic carboxylic acids is 1. The van der Waals surface area contributed by atoms with Crippen molar-refractivity contribution in [2.24, 2.45) is 5.92 Å². The third-order valence-corrected chi connectivity index (χ3v) is 4.42. The zero-order valence-electron chi connectivity index (χ0n) is 11.5. The van der Waals surface area contributed by atoms with Crippen LogP contribution < -0.4 is 0 Å². The largest absolute Gasteiger partial charge is 0.481 e. The fraction of sp³-hybridized carbons (Fsp3) is 0.500. The van der Waals surface area contributed by atoms with E-state index in [9.17, 15) is 9.59 Å². The van der Waals surface area contributed by atoms with Gasteiger partial charge < -0.3 is 10.0 Å². The van der Waals surface area contributed by atoms with Crippen LogP contribution in [0, 0.1) is 5.92 Å². The minimum absolute atomic E-state index is 0.0258. The number of hydrogen-bond donors (Lipinski definition) is 1. The zero-order chi connectivity index (χ0) is 14.1. The highest BCUT2D eigenvalue weighted by molar-refractivity contribution is 5.95.